The van der Waals surface area contributed by atoms with Crippen molar-refractivity contribution in [3.05, 3.63) is 29.8 Å². The van der Waals surface area contributed by atoms with E-state index < -0.39 is 0 Å². The maximum Gasteiger partial charge on any atom is 0.319 e. The van der Waals surface area contributed by atoms with Gasteiger partial charge in [-0.3, -0.25) is 9.69 Å². The van der Waals surface area contributed by atoms with Crippen LogP contribution in [-0.2, 0) is 9.53 Å². The molecule has 1 aromatic rings. The Hall–Kier alpha value is -2.03. The first-order valence-electron chi connectivity index (χ1n) is 7.26. The normalized spacial score (nSPS) is 11.8. The van der Waals surface area contributed by atoms with E-state index in [0.29, 0.717) is 19.7 Å². The number of rotatable bonds is 9. The van der Waals surface area contributed by atoms with Gasteiger partial charge in [-0.05, 0) is 31.7 Å². The first-order valence-corrected chi connectivity index (χ1v) is 7.26. The van der Waals surface area contributed by atoms with Crippen LogP contribution in [0, 0.1) is 12.3 Å². The Morgan fingerprint density at radius 3 is 2.64 bits per heavy atom. The second-order valence-electron chi connectivity index (χ2n) is 4.84. The Morgan fingerprint density at radius 2 is 2.09 bits per heavy atom. The van der Waals surface area contributed by atoms with Crippen molar-refractivity contribution in [2.24, 2.45) is 0 Å². The molecular weight excluding hydrogens is 280 g/mol. The van der Waals surface area contributed by atoms with E-state index in [1.54, 1.807) is 14.0 Å². The molecule has 0 saturated carbocycles. The van der Waals surface area contributed by atoms with E-state index in [0.717, 1.165) is 11.3 Å². The minimum atomic E-state index is -0.254. The molecule has 0 aliphatic heterocycles. The Labute approximate surface area is 132 Å². The number of hydrogen-bond acceptors (Lipinski definition) is 5. The van der Waals surface area contributed by atoms with E-state index in [1.165, 1.54) is 0 Å². The van der Waals surface area contributed by atoms with Crippen LogP contribution in [0.2, 0.25) is 0 Å². The monoisotopic (exact) mass is 304 g/mol. The van der Waals surface area contributed by atoms with Gasteiger partial charge in [0.25, 0.3) is 0 Å². The molecular formula is C17H24N2O3. The molecule has 0 bridgehead atoms. The van der Waals surface area contributed by atoms with Gasteiger partial charge in [-0.2, -0.15) is 0 Å². The van der Waals surface area contributed by atoms with Crippen LogP contribution in [0.5, 0.6) is 5.75 Å². The summed E-state index contributed by atoms with van der Waals surface area (Å²) >= 11 is 0. The van der Waals surface area contributed by atoms with Crippen molar-refractivity contribution in [2.45, 2.75) is 13.0 Å². The lowest BCUT2D eigenvalue weighted by atomic mass is 10.1. The van der Waals surface area contributed by atoms with Crippen molar-refractivity contribution < 1.29 is 14.3 Å². The van der Waals surface area contributed by atoms with Crippen molar-refractivity contribution >= 4 is 5.97 Å². The predicted octanol–water partition coefficient (Wildman–Crippen LogP) is 1.45. The van der Waals surface area contributed by atoms with Crippen molar-refractivity contribution in [3.63, 3.8) is 0 Å². The summed E-state index contributed by atoms with van der Waals surface area (Å²) in [7, 11) is 3.60. The summed E-state index contributed by atoms with van der Waals surface area (Å²) in [4.78, 5) is 13.4. The van der Waals surface area contributed by atoms with Crippen LogP contribution >= 0.6 is 0 Å². The number of likely N-dealkylation sites (N-methyl/N-ethyl adjacent to an activating group) is 1. The molecule has 120 valence electrons. The van der Waals surface area contributed by atoms with Gasteiger partial charge in [0.05, 0.1) is 26.8 Å². The second-order valence-corrected chi connectivity index (χ2v) is 4.84. The first kappa shape index (κ1) is 18.0. The number of nitrogens with one attached hydrogen (secondary N) is 1. The average molecular weight is 304 g/mol. The highest BCUT2D eigenvalue weighted by Crippen LogP contribution is 2.21. The van der Waals surface area contributed by atoms with Gasteiger partial charge in [-0.1, -0.05) is 18.1 Å². The van der Waals surface area contributed by atoms with E-state index in [4.69, 9.17) is 15.9 Å². The van der Waals surface area contributed by atoms with Gasteiger partial charge in [0.1, 0.15) is 5.75 Å². The van der Waals surface area contributed by atoms with Crippen LogP contribution in [0.1, 0.15) is 18.5 Å². The summed E-state index contributed by atoms with van der Waals surface area (Å²) in [6, 6.07) is 7.90. The number of hydrogen-bond donors (Lipinski definition) is 1. The molecule has 0 saturated heterocycles. The summed E-state index contributed by atoms with van der Waals surface area (Å²) < 4.78 is 10.1. The molecule has 0 heterocycles. The van der Waals surface area contributed by atoms with Crippen LogP contribution in [0.3, 0.4) is 0 Å². The fraction of sp³-hybridized carbons (Fsp3) is 0.471. The third kappa shape index (κ3) is 5.76. The van der Waals surface area contributed by atoms with Crippen molar-refractivity contribution in [1.82, 2.24) is 10.2 Å². The molecule has 1 rings (SSSR count). The molecule has 1 atom stereocenters. The number of ether oxygens (including phenoxy) is 2. The van der Waals surface area contributed by atoms with Gasteiger partial charge in [-0.15, -0.1) is 6.42 Å². The largest absolute Gasteiger partial charge is 0.497 e. The van der Waals surface area contributed by atoms with E-state index in [2.05, 4.69) is 16.1 Å². The smallest absolute Gasteiger partial charge is 0.319 e. The van der Waals surface area contributed by atoms with Gasteiger partial charge < -0.3 is 14.8 Å². The summed E-state index contributed by atoms with van der Waals surface area (Å²) in [6.07, 6.45) is 5.40. The van der Waals surface area contributed by atoms with Gasteiger partial charge in [0.15, 0.2) is 0 Å². The maximum atomic E-state index is 11.4. The van der Waals surface area contributed by atoms with Crippen LogP contribution in [0.25, 0.3) is 0 Å². The van der Waals surface area contributed by atoms with Crippen LogP contribution < -0.4 is 10.1 Å². The second kappa shape index (κ2) is 9.82. The molecule has 1 N–H and O–H groups in total. The molecule has 5 nitrogen and oxygen atoms in total. The lowest BCUT2D eigenvalue weighted by molar-refractivity contribution is -0.142. The SMILES string of the molecule is C#CCN(C)C(CNCC(=O)OCC)c1ccc(OC)cc1. The number of carbonyl (C=O) groups is 1. The predicted molar refractivity (Wildman–Crippen MR) is 86.7 cm³/mol. The zero-order valence-electron chi connectivity index (χ0n) is 13.5. The number of esters is 1. The highest BCUT2D eigenvalue weighted by molar-refractivity contribution is 5.71. The molecule has 0 aliphatic rings. The third-order valence-corrected chi connectivity index (χ3v) is 3.29. The Balaban J connectivity index is 2.71. The van der Waals surface area contributed by atoms with E-state index in [9.17, 15) is 4.79 Å². The molecule has 0 radical (unpaired) electrons. The number of benzene rings is 1. The zero-order valence-corrected chi connectivity index (χ0v) is 13.5. The highest BCUT2D eigenvalue weighted by atomic mass is 16.5. The van der Waals surface area contributed by atoms with E-state index >= 15 is 0 Å². The molecule has 1 aromatic carbocycles. The van der Waals surface area contributed by atoms with E-state index in [-0.39, 0.29) is 18.6 Å². The summed E-state index contributed by atoms with van der Waals surface area (Å²) in [5.74, 6) is 3.19. The Kier molecular flexibility index (Phi) is 8.05. The zero-order chi connectivity index (χ0) is 16.4. The van der Waals surface area contributed by atoms with Crippen molar-refractivity contribution in [2.75, 3.05) is 40.4 Å². The van der Waals surface area contributed by atoms with Gasteiger partial charge >= 0.3 is 5.97 Å². The average Bonchev–Trinajstić information content (AvgIpc) is 2.52. The summed E-state index contributed by atoms with van der Waals surface area (Å²) in [6.45, 7) is 3.49. The first-order chi connectivity index (χ1) is 10.6. The van der Waals surface area contributed by atoms with Crippen LogP contribution in [-0.4, -0.2) is 51.3 Å². The van der Waals surface area contributed by atoms with Crippen molar-refractivity contribution in [3.8, 4) is 18.1 Å². The lowest BCUT2D eigenvalue weighted by Gasteiger charge is -2.27. The molecule has 5 heteroatoms. The fourth-order valence-electron chi connectivity index (χ4n) is 2.13. The minimum absolute atomic E-state index is 0.0661. The van der Waals surface area contributed by atoms with Gasteiger partial charge in [-0.25, -0.2) is 0 Å². The van der Waals surface area contributed by atoms with Crippen LogP contribution in [0.15, 0.2) is 24.3 Å². The quantitative estimate of drug-likeness (QED) is 0.553. The number of nitrogens with zero attached hydrogens (tertiary/aromatic N) is 1. The molecule has 0 spiro atoms. The topological polar surface area (TPSA) is 50.8 Å². The van der Waals surface area contributed by atoms with E-state index in [1.807, 2.05) is 31.3 Å². The van der Waals surface area contributed by atoms with Gasteiger partial charge in [0.2, 0.25) is 0 Å². The molecule has 0 aromatic heterocycles. The van der Waals surface area contributed by atoms with Crippen LogP contribution in [0.4, 0.5) is 0 Å². The Morgan fingerprint density at radius 1 is 1.41 bits per heavy atom. The number of methoxy groups -OCH3 is 1. The van der Waals surface area contributed by atoms with Crippen molar-refractivity contribution in [1.29, 1.82) is 0 Å². The Bertz CT molecular complexity index is 494. The number of terminal acetylenes is 1. The van der Waals surface area contributed by atoms with Gasteiger partial charge in [0, 0.05) is 12.6 Å². The minimum Gasteiger partial charge on any atom is -0.497 e. The number of carbonyl (C=O) groups excluding carboxylic acids is 1. The summed E-state index contributed by atoms with van der Waals surface area (Å²) in [5, 5.41) is 3.12. The maximum absolute atomic E-state index is 11.4. The third-order valence-electron chi connectivity index (χ3n) is 3.29. The molecule has 0 amide bonds. The fourth-order valence-corrected chi connectivity index (χ4v) is 2.13. The molecule has 0 fully saturated rings. The molecule has 1 unspecified atom stereocenters. The standard InChI is InChI=1S/C17H24N2O3/c1-5-11-19(3)16(12-18-13-17(20)22-6-2)14-7-9-15(21-4)10-8-14/h1,7-10,16,18H,6,11-13H2,2-4H3. The highest BCUT2D eigenvalue weighted by Gasteiger charge is 2.17. The molecule has 0 aliphatic carbocycles. The summed E-state index contributed by atoms with van der Waals surface area (Å²) in [5.41, 5.74) is 1.11. The lowest BCUT2D eigenvalue weighted by Crippen LogP contribution is -2.36. The molecule has 22 heavy (non-hydrogen) atoms.